The monoisotopic (exact) mass is 341 g/mol. The fourth-order valence-electron chi connectivity index (χ4n) is 2.57. The highest BCUT2D eigenvalue weighted by atomic mass is 32.1. The Hall–Kier alpha value is -2.60. The Bertz CT molecular complexity index is 817. The zero-order valence-electron chi connectivity index (χ0n) is 13.6. The second-order valence-electron chi connectivity index (χ2n) is 5.54. The lowest BCUT2D eigenvalue weighted by atomic mass is 10.1. The van der Waals surface area contributed by atoms with Crippen LogP contribution >= 0.6 is 11.3 Å². The van der Waals surface area contributed by atoms with Crippen LogP contribution < -0.4 is 5.32 Å². The van der Waals surface area contributed by atoms with Gasteiger partial charge in [-0.3, -0.25) is 9.48 Å². The van der Waals surface area contributed by atoms with Crippen LogP contribution in [0, 0.1) is 13.8 Å². The number of carbonyl (C=O) groups excluding carboxylic acids is 1. The van der Waals surface area contributed by atoms with E-state index in [0.717, 1.165) is 17.0 Å². The van der Waals surface area contributed by atoms with E-state index in [1.165, 1.54) is 6.08 Å². The highest BCUT2D eigenvalue weighted by Crippen LogP contribution is 2.22. The van der Waals surface area contributed by atoms with Gasteiger partial charge in [-0.25, -0.2) is 0 Å². The van der Waals surface area contributed by atoms with Crippen LogP contribution in [0.1, 0.15) is 28.8 Å². The first kappa shape index (κ1) is 16.3. The molecule has 0 spiro atoms. The van der Waals surface area contributed by atoms with Crippen molar-refractivity contribution in [3.8, 4) is 0 Å². The normalized spacial score (nSPS) is 12.6. The molecule has 0 aliphatic carbocycles. The van der Waals surface area contributed by atoms with Crippen LogP contribution in [0.4, 0.5) is 0 Å². The molecule has 0 bridgehead atoms. The summed E-state index contributed by atoms with van der Waals surface area (Å²) in [4.78, 5) is 12.1. The number of aryl methyl sites for hydroxylation is 2. The topological polar surface area (TPSA) is 60.1 Å². The van der Waals surface area contributed by atoms with Gasteiger partial charge in [0, 0.05) is 18.3 Å². The van der Waals surface area contributed by atoms with E-state index >= 15 is 0 Å². The molecular formula is C18H19N3O2S. The lowest BCUT2D eigenvalue weighted by Crippen LogP contribution is -2.30. The van der Waals surface area contributed by atoms with Crippen molar-refractivity contribution in [2.24, 2.45) is 0 Å². The molecule has 3 aromatic rings. The maximum atomic E-state index is 12.1. The fourth-order valence-corrected chi connectivity index (χ4v) is 3.28. The van der Waals surface area contributed by atoms with E-state index in [1.807, 2.05) is 30.0 Å². The Morgan fingerprint density at radius 3 is 2.96 bits per heavy atom. The van der Waals surface area contributed by atoms with Gasteiger partial charge in [0.05, 0.1) is 18.0 Å². The SMILES string of the molecule is Cc1cc(C)n([C@@H](CNC(=O)/C=C/c2ccco2)c2ccsc2)n1. The van der Waals surface area contributed by atoms with Crippen molar-refractivity contribution in [1.29, 1.82) is 0 Å². The number of nitrogens with one attached hydrogen (secondary N) is 1. The molecule has 0 saturated heterocycles. The number of amides is 1. The zero-order chi connectivity index (χ0) is 16.9. The van der Waals surface area contributed by atoms with Gasteiger partial charge in [-0.2, -0.15) is 16.4 Å². The van der Waals surface area contributed by atoms with Gasteiger partial charge in [0.1, 0.15) is 5.76 Å². The van der Waals surface area contributed by atoms with Crippen molar-refractivity contribution in [1.82, 2.24) is 15.1 Å². The van der Waals surface area contributed by atoms with E-state index in [9.17, 15) is 4.79 Å². The summed E-state index contributed by atoms with van der Waals surface area (Å²) in [7, 11) is 0. The summed E-state index contributed by atoms with van der Waals surface area (Å²) >= 11 is 1.64. The summed E-state index contributed by atoms with van der Waals surface area (Å²) < 4.78 is 7.14. The maximum absolute atomic E-state index is 12.1. The van der Waals surface area contributed by atoms with Crippen molar-refractivity contribution < 1.29 is 9.21 Å². The molecule has 0 unspecified atom stereocenters. The van der Waals surface area contributed by atoms with Gasteiger partial charge in [-0.05, 0) is 60.5 Å². The van der Waals surface area contributed by atoms with E-state index in [2.05, 4.69) is 21.9 Å². The Morgan fingerprint density at radius 1 is 1.46 bits per heavy atom. The van der Waals surface area contributed by atoms with Crippen LogP contribution in [0.25, 0.3) is 6.08 Å². The lowest BCUT2D eigenvalue weighted by Gasteiger charge is -2.18. The lowest BCUT2D eigenvalue weighted by molar-refractivity contribution is -0.116. The number of furan rings is 1. The molecule has 0 aromatic carbocycles. The van der Waals surface area contributed by atoms with Gasteiger partial charge in [-0.15, -0.1) is 0 Å². The molecule has 0 aliphatic heterocycles. The number of hydrogen-bond donors (Lipinski definition) is 1. The van der Waals surface area contributed by atoms with Gasteiger partial charge in [0.25, 0.3) is 0 Å². The van der Waals surface area contributed by atoms with Gasteiger partial charge in [0.2, 0.25) is 5.91 Å². The van der Waals surface area contributed by atoms with E-state index in [0.29, 0.717) is 12.3 Å². The van der Waals surface area contributed by atoms with Crippen molar-refractivity contribution in [2.75, 3.05) is 6.54 Å². The molecule has 5 nitrogen and oxygen atoms in total. The molecule has 3 heterocycles. The predicted molar refractivity (Wildman–Crippen MR) is 94.9 cm³/mol. The minimum Gasteiger partial charge on any atom is -0.465 e. The number of hydrogen-bond acceptors (Lipinski definition) is 4. The zero-order valence-corrected chi connectivity index (χ0v) is 14.4. The maximum Gasteiger partial charge on any atom is 0.244 e. The van der Waals surface area contributed by atoms with Crippen molar-refractivity contribution in [3.63, 3.8) is 0 Å². The molecule has 0 aliphatic rings. The highest BCUT2D eigenvalue weighted by Gasteiger charge is 2.18. The predicted octanol–water partition coefficient (Wildman–Crippen LogP) is 3.57. The number of carbonyl (C=O) groups is 1. The second-order valence-corrected chi connectivity index (χ2v) is 6.32. The number of aromatic nitrogens is 2. The largest absolute Gasteiger partial charge is 0.465 e. The molecule has 124 valence electrons. The van der Waals surface area contributed by atoms with Gasteiger partial charge in [0.15, 0.2) is 0 Å². The second kappa shape index (κ2) is 7.31. The van der Waals surface area contributed by atoms with Crippen molar-refractivity contribution >= 4 is 23.3 Å². The summed E-state index contributed by atoms with van der Waals surface area (Å²) in [6, 6.07) is 7.67. The molecule has 1 N–H and O–H groups in total. The van der Waals surface area contributed by atoms with E-state index in [4.69, 9.17) is 4.42 Å². The van der Waals surface area contributed by atoms with Gasteiger partial charge in [-0.1, -0.05) is 0 Å². The average molecular weight is 341 g/mol. The Morgan fingerprint density at radius 2 is 2.33 bits per heavy atom. The van der Waals surface area contributed by atoms with Crippen LogP contribution in [0.3, 0.4) is 0 Å². The van der Waals surface area contributed by atoms with Crippen LogP contribution in [0.5, 0.6) is 0 Å². The van der Waals surface area contributed by atoms with Crippen LogP contribution in [0.2, 0.25) is 0 Å². The summed E-state index contributed by atoms with van der Waals surface area (Å²) in [5, 5.41) is 11.6. The van der Waals surface area contributed by atoms with Gasteiger partial charge >= 0.3 is 0 Å². The molecular weight excluding hydrogens is 322 g/mol. The third-order valence-electron chi connectivity index (χ3n) is 3.68. The minimum absolute atomic E-state index is 0.0223. The van der Waals surface area contributed by atoms with Crippen molar-refractivity contribution in [2.45, 2.75) is 19.9 Å². The number of thiophene rings is 1. The minimum atomic E-state index is -0.159. The molecule has 3 aromatic heterocycles. The van der Waals surface area contributed by atoms with Gasteiger partial charge < -0.3 is 9.73 Å². The Balaban J connectivity index is 1.71. The Labute approximate surface area is 144 Å². The van der Waals surface area contributed by atoms with E-state index in [-0.39, 0.29) is 11.9 Å². The third-order valence-corrected chi connectivity index (χ3v) is 4.38. The van der Waals surface area contributed by atoms with Crippen LogP contribution in [-0.2, 0) is 4.79 Å². The quantitative estimate of drug-likeness (QED) is 0.697. The molecule has 1 atom stereocenters. The highest BCUT2D eigenvalue weighted by molar-refractivity contribution is 7.07. The molecule has 3 rings (SSSR count). The average Bonchev–Trinajstić information content (AvgIpc) is 3.29. The molecule has 0 saturated carbocycles. The standard InChI is InChI=1S/C18H19N3O2S/c1-13-10-14(2)21(20-13)17(15-7-9-24-12-15)11-19-18(22)6-5-16-4-3-8-23-16/h3-10,12,17H,11H2,1-2H3,(H,19,22)/b6-5+/t17-/m0/s1. The molecule has 24 heavy (non-hydrogen) atoms. The first-order valence-electron chi connectivity index (χ1n) is 7.68. The summed E-state index contributed by atoms with van der Waals surface area (Å²) in [6.07, 6.45) is 4.70. The summed E-state index contributed by atoms with van der Waals surface area (Å²) in [6.45, 7) is 4.47. The number of nitrogens with zero attached hydrogens (tertiary/aromatic N) is 2. The number of rotatable bonds is 6. The van der Waals surface area contributed by atoms with E-state index in [1.54, 1.807) is 35.8 Å². The summed E-state index contributed by atoms with van der Waals surface area (Å²) in [5.74, 6) is 0.492. The van der Waals surface area contributed by atoms with Crippen LogP contribution in [0.15, 0.2) is 51.8 Å². The molecule has 0 radical (unpaired) electrons. The molecule has 1 amide bonds. The van der Waals surface area contributed by atoms with E-state index < -0.39 is 0 Å². The first-order valence-corrected chi connectivity index (χ1v) is 8.62. The molecule has 0 fully saturated rings. The first-order chi connectivity index (χ1) is 11.6. The van der Waals surface area contributed by atoms with Crippen LogP contribution in [-0.4, -0.2) is 22.2 Å². The molecule has 6 heteroatoms. The van der Waals surface area contributed by atoms with Crippen molar-refractivity contribution in [3.05, 3.63) is 70.1 Å². The third kappa shape index (κ3) is 3.83. The summed E-state index contributed by atoms with van der Waals surface area (Å²) in [5.41, 5.74) is 3.18. The Kier molecular flexibility index (Phi) is 4.96. The smallest absolute Gasteiger partial charge is 0.244 e. The fraction of sp³-hybridized carbons (Fsp3) is 0.222.